The average molecular weight is 456 g/mol. The lowest BCUT2D eigenvalue weighted by Crippen LogP contribution is -2.38. The first-order valence-electron chi connectivity index (χ1n) is 11.8. The van der Waals surface area contributed by atoms with Crippen LogP contribution >= 0.6 is 0 Å². The molecule has 0 aromatic heterocycles. The number of esters is 1. The summed E-state index contributed by atoms with van der Waals surface area (Å²) < 4.78 is 11.3. The van der Waals surface area contributed by atoms with Crippen LogP contribution in [0.3, 0.4) is 0 Å². The molecular formula is C27H41NO3Si. The largest absolute Gasteiger partial charge is 0.497 e. The number of nitrogens with zero attached hydrogens (tertiary/aromatic N) is 1. The summed E-state index contributed by atoms with van der Waals surface area (Å²) in [7, 11) is -0.283. The van der Waals surface area contributed by atoms with Gasteiger partial charge in [-0.25, -0.2) is 9.79 Å². The summed E-state index contributed by atoms with van der Waals surface area (Å²) in [6, 6.07) is 7.33. The van der Waals surface area contributed by atoms with E-state index in [0.29, 0.717) is 23.4 Å². The molecule has 0 spiro atoms. The summed E-state index contributed by atoms with van der Waals surface area (Å²) in [6.07, 6.45) is 3.11. The molecule has 32 heavy (non-hydrogen) atoms. The van der Waals surface area contributed by atoms with Gasteiger partial charge in [-0.05, 0) is 65.8 Å². The SMILES string of the molecule is COc1ccc(N=C(C#C[Si](C)(C)C(C)(C)C)C(=O)O[C@@H]2C[C@H](C)CC[C@H]2C(C)C)cc1. The molecule has 1 aromatic rings. The van der Waals surface area contributed by atoms with Crippen LogP contribution in [-0.2, 0) is 9.53 Å². The van der Waals surface area contributed by atoms with Crippen LogP contribution in [-0.4, -0.2) is 33.0 Å². The highest BCUT2D eigenvalue weighted by molar-refractivity contribution is 6.87. The lowest BCUT2D eigenvalue weighted by atomic mass is 9.75. The second kappa shape index (κ2) is 10.7. The van der Waals surface area contributed by atoms with E-state index in [2.05, 4.69) is 71.1 Å². The first-order chi connectivity index (χ1) is 14.8. The number of hydrogen-bond donors (Lipinski definition) is 0. The number of methoxy groups -OCH3 is 1. The molecule has 0 heterocycles. The summed E-state index contributed by atoms with van der Waals surface area (Å²) in [5.41, 5.74) is 4.30. The number of hydrogen-bond acceptors (Lipinski definition) is 4. The molecule has 0 N–H and O–H groups in total. The number of rotatable bonds is 5. The van der Waals surface area contributed by atoms with Crippen molar-refractivity contribution < 1.29 is 14.3 Å². The van der Waals surface area contributed by atoms with Crippen LogP contribution in [0.15, 0.2) is 29.3 Å². The van der Waals surface area contributed by atoms with Crippen LogP contribution in [0.1, 0.15) is 60.8 Å². The van der Waals surface area contributed by atoms with Gasteiger partial charge in [0.25, 0.3) is 0 Å². The topological polar surface area (TPSA) is 47.9 Å². The minimum Gasteiger partial charge on any atom is -0.497 e. The Labute approximate surface area is 196 Å². The number of ether oxygens (including phenoxy) is 2. The predicted molar refractivity (Wildman–Crippen MR) is 136 cm³/mol. The fourth-order valence-corrected chi connectivity index (χ4v) is 4.56. The van der Waals surface area contributed by atoms with E-state index in [1.165, 1.54) is 6.42 Å². The van der Waals surface area contributed by atoms with E-state index in [0.717, 1.165) is 18.6 Å². The predicted octanol–water partition coefficient (Wildman–Crippen LogP) is 6.82. The van der Waals surface area contributed by atoms with E-state index in [1.54, 1.807) is 7.11 Å². The Bertz CT molecular complexity index is 869. The molecule has 0 radical (unpaired) electrons. The quantitative estimate of drug-likeness (QED) is 0.212. The van der Waals surface area contributed by atoms with Gasteiger partial charge in [-0.15, -0.1) is 5.54 Å². The lowest BCUT2D eigenvalue weighted by molar-refractivity contribution is -0.147. The van der Waals surface area contributed by atoms with Gasteiger partial charge in [0, 0.05) is 0 Å². The van der Waals surface area contributed by atoms with Crippen molar-refractivity contribution in [2.75, 3.05) is 7.11 Å². The van der Waals surface area contributed by atoms with Gasteiger partial charge in [-0.3, -0.25) is 0 Å². The minimum absolute atomic E-state index is 0.0815. The third kappa shape index (κ3) is 6.97. The second-order valence-electron chi connectivity index (χ2n) is 11.1. The smallest absolute Gasteiger partial charge is 0.366 e. The molecule has 1 fully saturated rings. The van der Waals surface area contributed by atoms with Gasteiger partial charge in [0.15, 0.2) is 5.71 Å². The first kappa shape index (κ1) is 26.2. The third-order valence-electron chi connectivity index (χ3n) is 7.09. The summed E-state index contributed by atoms with van der Waals surface area (Å²) in [5, 5.41) is 0.0939. The summed E-state index contributed by atoms with van der Waals surface area (Å²) in [4.78, 5) is 17.9. The van der Waals surface area contributed by atoms with Crippen molar-refractivity contribution in [2.45, 2.75) is 85.0 Å². The Morgan fingerprint density at radius 2 is 1.78 bits per heavy atom. The fraction of sp³-hybridized carbons (Fsp3) is 0.630. The molecule has 2 rings (SSSR count). The standard InChI is InChI=1S/C27H41NO3Si/c1-19(2)23-15-10-20(3)18-25(23)31-26(29)24(16-17-32(8,9)27(4,5)6)28-21-11-13-22(30-7)14-12-21/h11-14,19-20,23,25H,10,15,18H2,1-9H3/t20-,23+,25-/m1/s1. The molecule has 0 bridgehead atoms. The van der Waals surface area contributed by atoms with Crippen LogP contribution in [0.4, 0.5) is 5.69 Å². The Morgan fingerprint density at radius 1 is 1.16 bits per heavy atom. The molecule has 4 nitrogen and oxygen atoms in total. The Balaban J connectivity index is 2.38. The van der Waals surface area contributed by atoms with Crippen molar-refractivity contribution in [3.8, 4) is 17.2 Å². The van der Waals surface area contributed by atoms with Crippen LogP contribution in [0.2, 0.25) is 18.1 Å². The molecule has 1 saturated carbocycles. The highest BCUT2D eigenvalue weighted by Crippen LogP contribution is 2.36. The average Bonchev–Trinajstić information content (AvgIpc) is 2.70. The monoisotopic (exact) mass is 455 g/mol. The van der Waals surface area contributed by atoms with Crippen molar-refractivity contribution in [2.24, 2.45) is 22.7 Å². The van der Waals surface area contributed by atoms with E-state index in [1.807, 2.05) is 24.3 Å². The Hall–Kier alpha value is -2.06. The normalized spacial score (nSPS) is 22.2. The number of carbonyl (C=O) groups excluding carboxylic acids is 1. The summed E-state index contributed by atoms with van der Waals surface area (Å²) in [5.74, 6) is 4.90. The van der Waals surface area contributed by atoms with E-state index in [9.17, 15) is 4.79 Å². The molecule has 0 aliphatic heterocycles. The summed E-state index contributed by atoms with van der Waals surface area (Å²) >= 11 is 0. The first-order valence-corrected chi connectivity index (χ1v) is 14.8. The highest BCUT2D eigenvalue weighted by atomic mass is 28.3. The van der Waals surface area contributed by atoms with E-state index >= 15 is 0 Å². The van der Waals surface area contributed by atoms with Gasteiger partial charge >= 0.3 is 5.97 Å². The van der Waals surface area contributed by atoms with Crippen LogP contribution in [0, 0.1) is 29.2 Å². The summed E-state index contributed by atoms with van der Waals surface area (Å²) in [6.45, 7) is 17.8. The van der Waals surface area contributed by atoms with Crippen LogP contribution in [0.5, 0.6) is 5.75 Å². The molecule has 3 atom stereocenters. The van der Waals surface area contributed by atoms with Crippen molar-refractivity contribution in [1.29, 1.82) is 0 Å². The molecule has 5 heteroatoms. The molecule has 1 aromatic carbocycles. The molecular weight excluding hydrogens is 414 g/mol. The van der Waals surface area contributed by atoms with Gasteiger partial charge in [-0.1, -0.05) is 61.1 Å². The van der Waals surface area contributed by atoms with Crippen molar-refractivity contribution >= 4 is 25.4 Å². The van der Waals surface area contributed by atoms with Gasteiger partial charge in [0.1, 0.15) is 19.9 Å². The molecule has 176 valence electrons. The second-order valence-corrected chi connectivity index (χ2v) is 16.1. The van der Waals surface area contributed by atoms with Crippen molar-refractivity contribution in [3.05, 3.63) is 24.3 Å². The number of aliphatic imine (C=N–C) groups is 1. The molecule has 0 unspecified atom stereocenters. The van der Waals surface area contributed by atoms with Crippen LogP contribution < -0.4 is 4.74 Å². The van der Waals surface area contributed by atoms with E-state index in [-0.39, 0.29) is 16.9 Å². The van der Waals surface area contributed by atoms with Crippen molar-refractivity contribution in [3.63, 3.8) is 0 Å². The molecule has 1 aliphatic rings. The lowest BCUT2D eigenvalue weighted by Gasteiger charge is -2.36. The van der Waals surface area contributed by atoms with Gasteiger partial charge in [-0.2, -0.15) is 0 Å². The van der Waals surface area contributed by atoms with E-state index in [4.69, 9.17) is 9.47 Å². The van der Waals surface area contributed by atoms with Crippen LogP contribution in [0.25, 0.3) is 0 Å². The number of benzene rings is 1. The minimum atomic E-state index is -1.91. The van der Waals surface area contributed by atoms with Gasteiger partial charge in [0.05, 0.1) is 12.8 Å². The van der Waals surface area contributed by atoms with E-state index < -0.39 is 14.0 Å². The maximum absolute atomic E-state index is 13.3. The fourth-order valence-electron chi connectivity index (χ4n) is 3.76. The zero-order valence-electron chi connectivity index (χ0n) is 21.4. The Kier molecular flexibility index (Phi) is 8.76. The molecule has 1 aliphatic carbocycles. The highest BCUT2D eigenvalue weighted by Gasteiger charge is 2.35. The molecule has 0 saturated heterocycles. The molecule has 0 amide bonds. The van der Waals surface area contributed by atoms with Crippen molar-refractivity contribution in [1.82, 2.24) is 0 Å². The zero-order valence-corrected chi connectivity index (χ0v) is 22.4. The third-order valence-corrected chi connectivity index (χ3v) is 11.6. The zero-order chi connectivity index (χ0) is 24.1. The number of carbonyl (C=O) groups is 1. The van der Waals surface area contributed by atoms with Gasteiger partial charge < -0.3 is 9.47 Å². The van der Waals surface area contributed by atoms with Gasteiger partial charge in [0.2, 0.25) is 0 Å². The Morgan fingerprint density at radius 3 is 2.31 bits per heavy atom. The maximum atomic E-state index is 13.3. The maximum Gasteiger partial charge on any atom is 0.366 e.